The second-order valence-corrected chi connectivity index (χ2v) is 6.66. The Hall–Kier alpha value is -3.32. The fourth-order valence-corrected chi connectivity index (χ4v) is 2.94. The monoisotopic (exact) mass is 417 g/mol. The molecule has 0 aliphatic carbocycles. The molecule has 146 valence electrons. The summed E-state index contributed by atoms with van der Waals surface area (Å²) < 4.78 is 50.6. The van der Waals surface area contributed by atoms with Crippen LogP contribution in [-0.2, 0) is 11.2 Å². The van der Waals surface area contributed by atoms with E-state index in [2.05, 4.69) is 5.16 Å². The van der Waals surface area contributed by atoms with Crippen LogP contribution in [0, 0.1) is 17.5 Å². The van der Waals surface area contributed by atoms with Gasteiger partial charge in [-0.15, -0.1) is 0 Å². The zero-order valence-corrected chi connectivity index (χ0v) is 15.3. The number of hydrogen-bond acceptors (Lipinski definition) is 4. The standard InChI is InChI=1S/C21H11ClF3NO3/c22-13-3-1-11(2-4-13)7-19(27)28-14-5-6-15-18(10-14)29-26-21(15)12-8-16(23)20(25)17(24)9-12/h1-6,8-10H,7H2. The van der Waals surface area contributed by atoms with Crippen molar-refractivity contribution in [3.8, 4) is 17.0 Å². The summed E-state index contributed by atoms with van der Waals surface area (Å²) >= 11 is 5.81. The summed E-state index contributed by atoms with van der Waals surface area (Å²) in [6.07, 6.45) is 0.0466. The summed E-state index contributed by atoms with van der Waals surface area (Å²) in [6, 6.07) is 12.9. The molecule has 0 atom stereocenters. The summed E-state index contributed by atoms with van der Waals surface area (Å²) in [4.78, 5) is 12.1. The van der Waals surface area contributed by atoms with Gasteiger partial charge in [0, 0.05) is 22.0 Å². The van der Waals surface area contributed by atoms with Crippen molar-refractivity contribution in [2.75, 3.05) is 0 Å². The molecular weight excluding hydrogens is 407 g/mol. The molecule has 0 unspecified atom stereocenters. The van der Waals surface area contributed by atoms with E-state index in [1.54, 1.807) is 24.3 Å². The van der Waals surface area contributed by atoms with Crippen LogP contribution in [0.3, 0.4) is 0 Å². The molecule has 0 aliphatic heterocycles. The van der Waals surface area contributed by atoms with E-state index >= 15 is 0 Å². The van der Waals surface area contributed by atoms with Crippen LogP contribution in [0.4, 0.5) is 13.2 Å². The minimum atomic E-state index is -1.56. The maximum atomic E-state index is 13.5. The molecule has 0 aliphatic rings. The van der Waals surface area contributed by atoms with Crippen molar-refractivity contribution in [3.63, 3.8) is 0 Å². The molecule has 1 heterocycles. The highest BCUT2D eigenvalue weighted by Crippen LogP contribution is 2.32. The molecule has 0 fully saturated rings. The second-order valence-electron chi connectivity index (χ2n) is 6.22. The Kier molecular flexibility index (Phi) is 4.98. The van der Waals surface area contributed by atoms with E-state index in [1.165, 1.54) is 18.2 Å². The molecule has 4 aromatic rings. The van der Waals surface area contributed by atoms with Gasteiger partial charge >= 0.3 is 5.97 Å². The van der Waals surface area contributed by atoms with Crippen LogP contribution in [0.15, 0.2) is 59.1 Å². The normalized spacial score (nSPS) is 11.0. The van der Waals surface area contributed by atoms with E-state index in [1.807, 2.05) is 0 Å². The van der Waals surface area contributed by atoms with E-state index in [4.69, 9.17) is 20.9 Å². The Labute approximate surface area is 167 Å². The lowest BCUT2D eigenvalue weighted by atomic mass is 10.1. The smallest absolute Gasteiger partial charge is 0.315 e. The molecule has 4 nitrogen and oxygen atoms in total. The number of hydrogen-bond donors (Lipinski definition) is 0. The van der Waals surface area contributed by atoms with Gasteiger partial charge in [0.15, 0.2) is 23.0 Å². The van der Waals surface area contributed by atoms with Crippen LogP contribution >= 0.6 is 11.6 Å². The average Bonchev–Trinajstić information content (AvgIpc) is 3.10. The van der Waals surface area contributed by atoms with Crippen molar-refractivity contribution in [2.24, 2.45) is 0 Å². The predicted molar refractivity (Wildman–Crippen MR) is 100 cm³/mol. The first-order valence-corrected chi connectivity index (χ1v) is 8.78. The molecule has 3 aromatic carbocycles. The fraction of sp³-hybridized carbons (Fsp3) is 0.0476. The summed E-state index contributed by atoms with van der Waals surface area (Å²) in [5, 5.41) is 4.78. The van der Waals surface area contributed by atoms with Crippen molar-refractivity contribution >= 4 is 28.5 Å². The zero-order valence-electron chi connectivity index (χ0n) is 14.6. The highest BCUT2D eigenvalue weighted by atomic mass is 35.5. The quantitative estimate of drug-likeness (QED) is 0.242. The number of ether oxygens (including phenoxy) is 1. The zero-order chi connectivity index (χ0) is 20.5. The molecule has 8 heteroatoms. The van der Waals surface area contributed by atoms with Gasteiger partial charge in [-0.3, -0.25) is 4.79 Å². The molecule has 0 saturated heterocycles. The second kappa shape index (κ2) is 7.60. The lowest BCUT2D eigenvalue weighted by Gasteiger charge is -2.05. The van der Waals surface area contributed by atoms with E-state index < -0.39 is 23.4 Å². The Balaban J connectivity index is 1.56. The molecule has 0 radical (unpaired) electrons. The number of benzene rings is 3. The number of nitrogens with zero attached hydrogens (tertiary/aromatic N) is 1. The Bertz CT molecular complexity index is 1200. The van der Waals surface area contributed by atoms with Gasteiger partial charge < -0.3 is 9.26 Å². The third kappa shape index (κ3) is 3.95. The molecule has 0 spiro atoms. The summed E-state index contributed by atoms with van der Waals surface area (Å²) in [5.74, 6) is -4.49. The number of halogens is 4. The van der Waals surface area contributed by atoms with Crippen LogP contribution in [0.25, 0.3) is 22.2 Å². The summed E-state index contributed by atoms with van der Waals surface area (Å²) in [5.41, 5.74) is 1.13. The third-order valence-electron chi connectivity index (χ3n) is 4.19. The van der Waals surface area contributed by atoms with Gasteiger partial charge in [0.25, 0.3) is 0 Å². The van der Waals surface area contributed by atoms with Crippen molar-refractivity contribution in [1.29, 1.82) is 0 Å². The van der Waals surface area contributed by atoms with Crippen molar-refractivity contribution in [2.45, 2.75) is 6.42 Å². The number of aromatic nitrogens is 1. The Morgan fingerprint density at radius 3 is 2.38 bits per heavy atom. The number of fused-ring (bicyclic) bond motifs is 1. The minimum Gasteiger partial charge on any atom is -0.426 e. The van der Waals surface area contributed by atoms with Crippen LogP contribution in [0.2, 0.25) is 5.02 Å². The maximum absolute atomic E-state index is 13.5. The number of carbonyl (C=O) groups excluding carboxylic acids is 1. The molecule has 0 amide bonds. The van der Waals surface area contributed by atoms with Crippen LogP contribution < -0.4 is 4.74 Å². The number of rotatable bonds is 4. The lowest BCUT2D eigenvalue weighted by Crippen LogP contribution is -2.11. The fourth-order valence-electron chi connectivity index (χ4n) is 2.82. The van der Waals surface area contributed by atoms with Crippen LogP contribution in [0.1, 0.15) is 5.56 Å². The van der Waals surface area contributed by atoms with Crippen molar-refractivity contribution in [3.05, 3.63) is 82.6 Å². The molecule has 0 bridgehead atoms. The van der Waals surface area contributed by atoms with Gasteiger partial charge in [0.1, 0.15) is 11.4 Å². The third-order valence-corrected chi connectivity index (χ3v) is 4.45. The van der Waals surface area contributed by atoms with Crippen molar-refractivity contribution in [1.82, 2.24) is 5.16 Å². The van der Waals surface area contributed by atoms with Gasteiger partial charge in [-0.1, -0.05) is 28.9 Å². The maximum Gasteiger partial charge on any atom is 0.315 e. The minimum absolute atomic E-state index is 0.0210. The van der Waals surface area contributed by atoms with Gasteiger partial charge in [0.2, 0.25) is 0 Å². The number of esters is 1. The topological polar surface area (TPSA) is 52.3 Å². The first-order chi connectivity index (χ1) is 13.9. The first-order valence-electron chi connectivity index (χ1n) is 8.40. The molecule has 0 N–H and O–H groups in total. The Morgan fingerprint density at radius 2 is 1.69 bits per heavy atom. The van der Waals surface area contributed by atoms with Crippen molar-refractivity contribution < 1.29 is 27.2 Å². The SMILES string of the molecule is O=C(Cc1ccc(Cl)cc1)Oc1ccc2c(-c3cc(F)c(F)c(F)c3)noc2c1. The van der Waals surface area contributed by atoms with Crippen LogP contribution in [0.5, 0.6) is 5.75 Å². The summed E-state index contributed by atoms with van der Waals surface area (Å²) in [6.45, 7) is 0. The van der Waals surface area contributed by atoms with Gasteiger partial charge in [-0.05, 0) is 42.0 Å². The molecule has 4 rings (SSSR count). The highest BCUT2D eigenvalue weighted by Gasteiger charge is 2.17. The first kappa shape index (κ1) is 19.0. The molecular formula is C21H11ClF3NO3. The highest BCUT2D eigenvalue weighted by molar-refractivity contribution is 6.30. The molecule has 1 aromatic heterocycles. The van der Waals surface area contributed by atoms with Gasteiger partial charge in [0.05, 0.1) is 6.42 Å². The van der Waals surface area contributed by atoms with Gasteiger partial charge in [-0.2, -0.15) is 0 Å². The summed E-state index contributed by atoms with van der Waals surface area (Å²) in [7, 11) is 0. The lowest BCUT2D eigenvalue weighted by molar-refractivity contribution is -0.133. The van der Waals surface area contributed by atoms with E-state index in [0.29, 0.717) is 10.4 Å². The molecule has 0 saturated carbocycles. The van der Waals surface area contributed by atoms with E-state index in [9.17, 15) is 18.0 Å². The van der Waals surface area contributed by atoms with E-state index in [0.717, 1.165) is 17.7 Å². The largest absolute Gasteiger partial charge is 0.426 e. The Morgan fingerprint density at radius 1 is 1.00 bits per heavy atom. The van der Waals surface area contributed by atoms with Crippen LogP contribution in [-0.4, -0.2) is 11.1 Å². The molecule has 29 heavy (non-hydrogen) atoms. The van der Waals surface area contributed by atoms with Gasteiger partial charge in [-0.25, -0.2) is 13.2 Å². The van der Waals surface area contributed by atoms with E-state index in [-0.39, 0.29) is 29.0 Å². The number of carbonyl (C=O) groups is 1. The average molecular weight is 418 g/mol. The predicted octanol–water partition coefficient (Wildman–Crippen LogP) is 5.71.